The van der Waals surface area contributed by atoms with Gasteiger partial charge in [-0.2, -0.15) is 0 Å². The van der Waals surface area contributed by atoms with Crippen molar-refractivity contribution < 1.29 is 0 Å². The predicted octanol–water partition coefficient (Wildman–Crippen LogP) is 2.95. The second-order valence-corrected chi connectivity index (χ2v) is 6.52. The van der Waals surface area contributed by atoms with Crippen LogP contribution in [0.2, 0.25) is 0 Å². The van der Waals surface area contributed by atoms with Gasteiger partial charge in [0.1, 0.15) is 17.5 Å². The summed E-state index contributed by atoms with van der Waals surface area (Å²) in [5.74, 6) is 4.41. The number of anilines is 2. The smallest absolute Gasteiger partial charge is 0.137 e. The SMILES string of the molecule is CCCc1nc(N)c(C)c(N(CC2CC2)CC2CC2)n1. The number of nitrogen functional groups attached to an aromatic ring is 1. The zero-order valence-electron chi connectivity index (χ0n) is 12.7. The summed E-state index contributed by atoms with van der Waals surface area (Å²) in [4.78, 5) is 11.7. The van der Waals surface area contributed by atoms with Gasteiger partial charge in [0.05, 0.1) is 0 Å². The van der Waals surface area contributed by atoms with Crippen molar-refractivity contribution in [1.82, 2.24) is 9.97 Å². The van der Waals surface area contributed by atoms with Gasteiger partial charge in [-0.1, -0.05) is 6.92 Å². The van der Waals surface area contributed by atoms with Crippen molar-refractivity contribution in [3.8, 4) is 0 Å². The van der Waals surface area contributed by atoms with Gasteiger partial charge in [-0.3, -0.25) is 0 Å². The Labute approximate surface area is 121 Å². The van der Waals surface area contributed by atoms with E-state index in [1.165, 1.54) is 25.7 Å². The van der Waals surface area contributed by atoms with Crippen LogP contribution in [0.5, 0.6) is 0 Å². The fraction of sp³-hybridized carbons (Fsp3) is 0.750. The number of aryl methyl sites for hydroxylation is 1. The summed E-state index contributed by atoms with van der Waals surface area (Å²) in [7, 11) is 0. The second kappa shape index (κ2) is 5.58. The summed E-state index contributed by atoms with van der Waals surface area (Å²) in [5, 5.41) is 0. The first-order valence-corrected chi connectivity index (χ1v) is 8.05. The molecule has 0 atom stereocenters. The van der Waals surface area contributed by atoms with Crippen LogP contribution in [0, 0.1) is 18.8 Å². The third-order valence-electron chi connectivity index (χ3n) is 4.33. The molecule has 2 aliphatic carbocycles. The first kappa shape index (κ1) is 13.7. The summed E-state index contributed by atoms with van der Waals surface area (Å²) in [6.07, 6.45) is 7.49. The van der Waals surface area contributed by atoms with E-state index in [0.29, 0.717) is 5.82 Å². The van der Waals surface area contributed by atoms with Crippen molar-refractivity contribution in [2.75, 3.05) is 23.7 Å². The van der Waals surface area contributed by atoms with Gasteiger partial charge >= 0.3 is 0 Å². The lowest BCUT2D eigenvalue weighted by Crippen LogP contribution is -2.30. The Morgan fingerprint density at radius 3 is 2.20 bits per heavy atom. The maximum atomic E-state index is 6.10. The molecule has 0 saturated heterocycles. The van der Waals surface area contributed by atoms with Gasteiger partial charge in [-0.05, 0) is 50.9 Å². The summed E-state index contributed by atoms with van der Waals surface area (Å²) < 4.78 is 0. The molecule has 3 rings (SSSR count). The highest BCUT2D eigenvalue weighted by molar-refractivity contribution is 5.56. The molecular weight excluding hydrogens is 248 g/mol. The third kappa shape index (κ3) is 3.22. The molecule has 110 valence electrons. The van der Waals surface area contributed by atoms with Crippen LogP contribution in [0.1, 0.15) is 50.4 Å². The third-order valence-corrected chi connectivity index (χ3v) is 4.33. The summed E-state index contributed by atoms with van der Waals surface area (Å²) in [5.41, 5.74) is 7.17. The second-order valence-electron chi connectivity index (χ2n) is 6.52. The molecule has 4 nitrogen and oxygen atoms in total. The molecule has 0 aromatic carbocycles. The Balaban J connectivity index is 1.85. The standard InChI is InChI=1S/C16H26N4/c1-3-4-14-18-15(17)11(2)16(19-14)20(9-12-5-6-12)10-13-7-8-13/h12-13H,3-10H2,1-2H3,(H2,17,18,19). The van der Waals surface area contributed by atoms with Gasteiger partial charge in [0.15, 0.2) is 0 Å². The predicted molar refractivity (Wildman–Crippen MR) is 82.8 cm³/mol. The van der Waals surface area contributed by atoms with E-state index in [-0.39, 0.29) is 0 Å². The highest BCUT2D eigenvalue weighted by Gasteiger charge is 2.31. The van der Waals surface area contributed by atoms with Crippen molar-refractivity contribution in [2.45, 2.75) is 52.4 Å². The maximum absolute atomic E-state index is 6.10. The van der Waals surface area contributed by atoms with Gasteiger partial charge in [0.25, 0.3) is 0 Å². The average molecular weight is 274 g/mol. The van der Waals surface area contributed by atoms with E-state index < -0.39 is 0 Å². The number of aromatic nitrogens is 2. The molecule has 2 aliphatic rings. The first-order chi connectivity index (χ1) is 9.67. The lowest BCUT2D eigenvalue weighted by atomic mass is 10.2. The van der Waals surface area contributed by atoms with Gasteiger partial charge < -0.3 is 10.6 Å². The Morgan fingerprint density at radius 1 is 1.10 bits per heavy atom. The van der Waals surface area contributed by atoms with Crippen molar-refractivity contribution in [3.63, 3.8) is 0 Å². The summed E-state index contributed by atoms with van der Waals surface area (Å²) in [6, 6.07) is 0. The topological polar surface area (TPSA) is 55.0 Å². The Morgan fingerprint density at radius 2 is 1.70 bits per heavy atom. The molecule has 2 fully saturated rings. The number of nitrogens with two attached hydrogens (primary N) is 1. The minimum atomic E-state index is 0.662. The van der Waals surface area contributed by atoms with Crippen LogP contribution < -0.4 is 10.6 Å². The van der Waals surface area contributed by atoms with E-state index in [9.17, 15) is 0 Å². The van der Waals surface area contributed by atoms with Crippen molar-refractivity contribution in [1.29, 1.82) is 0 Å². The van der Waals surface area contributed by atoms with Crippen molar-refractivity contribution in [2.24, 2.45) is 11.8 Å². The average Bonchev–Trinajstić information content (AvgIpc) is 3.28. The van der Waals surface area contributed by atoms with E-state index >= 15 is 0 Å². The molecule has 1 aromatic rings. The van der Waals surface area contributed by atoms with Crippen LogP contribution in [0.3, 0.4) is 0 Å². The monoisotopic (exact) mass is 274 g/mol. The molecule has 0 aliphatic heterocycles. The van der Waals surface area contributed by atoms with E-state index in [1.54, 1.807) is 0 Å². The molecule has 4 heteroatoms. The molecule has 0 spiro atoms. The number of rotatable bonds is 7. The number of nitrogens with zero attached hydrogens (tertiary/aromatic N) is 3. The summed E-state index contributed by atoms with van der Waals surface area (Å²) in [6.45, 7) is 6.52. The fourth-order valence-electron chi connectivity index (χ4n) is 2.68. The molecule has 2 N–H and O–H groups in total. The molecule has 0 bridgehead atoms. The molecule has 0 radical (unpaired) electrons. The van der Waals surface area contributed by atoms with Crippen LogP contribution in [0.25, 0.3) is 0 Å². The Bertz CT molecular complexity index is 464. The maximum Gasteiger partial charge on any atom is 0.137 e. The zero-order chi connectivity index (χ0) is 14.1. The molecular formula is C16H26N4. The highest BCUT2D eigenvalue weighted by Crippen LogP contribution is 2.36. The largest absolute Gasteiger partial charge is 0.383 e. The summed E-state index contributed by atoms with van der Waals surface area (Å²) >= 11 is 0. The van der Waals surface area contributed by atoms with E-state index in [4.69, 9.17) is 10.7 Å². The van der Waals surface area contributed by atoms with Crippen LogP contribution in [0.15, 0.2) is 0 Å². The quantitative estimate of drug-likeness (QED) is 0.830. The minimum absolute atomic E-state index is 0.662. The lowest BCUT2D eigenvalue weighted by Gasteiger charge is -2.26. The van der Waals surface area contributed by atoms with Gasteiger partial charge in [-0.15, -0.1) is 0 Å². The number of hydrogen-bond donors (Lipinski definition) is 1. The Hall–Kier alpha value is -1.32. The van der Waals surface area contributed by atoms with Gasteiger partial charge in [-0.25, -0.2) is 9.97 Å². The zero-order valence-corrected chi connectivity index (χ0v) is 12.7. The fourth-order valence-corrected chi connectivity index (χ4v) is 2.68. The first-order valence-electron chi connectivity index (χ1n) is 8.05. The molecule has 2 saturated carbocycles. The van der Waals surface area contributed by atoms with Crippen molar-refractivity contribution in [3.05, 3.63) is 11.4 Å². The van der Waals surface area contributed by atoms with Crippen molar-refractivity contribution >= 4 is 11.6 Å². The Kier molecular flexibility index (Phi) is 3.81. The van der Waals surface area contributed by atoms with E-state index in [2.05, 4.69) is 23.7 Å². The molecule has 0 amide bonds. The van der Waals surface area contributed by atoms with Gasteiger partial charge in [0.2, 0.25) is 0 Å². The van der Waals surface area contributed by atoms with Crippen LogP contribution in [-0.2, 0) is 6.42 Å². The molecule has 0 unspecified atom stereocenters. The van der Waals surface area contributed by atoms with E-state index in [1.807, 2.05) is 0 Å². The van der Waals surface area contributed by atoms with Crippen LogP contribution >= 0.6 is 0 Å². The van der Waals surface area contributed by atoms with E-state index in [0.717, 1.165) is 55.0 Å². The minimum Gasteiger partial charge on any atom is -0.383 e. The normalized spacial score (nSPS) is 18.3. The molecule has 1 heterocycles. The molecule has 1 aromatic heterocycles. The number of hydrogen-bond acceptors (Lipinski definition) is 4. The van der Waals surface area contributed by atoms with Crippen LogP contribution in [0.4, 0.5) is 11.6 Å². The van der Waals surface area contributed by atoms with Gasteiger partial charge in [0, 0.05) is 25.1 Å². The highest BCUT2D eigenvalue weighted by atomic mass is 15.2. The molecule has 20 heavy (non-hydrogen) atoms. The van der Waals surface area contributed by atoms with Crippen LogP contribution in [-0.4, -0.2) is 23.1 Å². The lowest BCUT2D eigenvalue weighted by molar-refractivity contribution is 0.664.